The topological polar surface area (TPSA) is 83.1 Å². The second kappa shape index (κ2) is 4.23. The maximum Gasteiger partial charge on any atom is 0.255 e. The normalized spacial score (nSPS) is 16.8. The van der Waals surface area contributed by atoms with Gasteiger partial charge in [-0.3, -0.25) is 14.7 Å². The van der Waals surface area contributed by atoms with Gasteiger partial charge in [0.2, 0.25) is 15.0 Å². The van der Waals surface area contributed by atoms with Crippen LogP contribution in [0.4, 0.5) is 0 Å². The zero-order valence-electron chi connectivity index (χ0n) is 9.86. The van der Waals surface area contributed by atoms with Gasteiger partial charge < -0.3 is 0 Å². The summed E-state index contributed by atoms with van der Waals surface area (Å²) in [6.45, 7) is 4.24. The Morgan fingerprint density at radius 1 is 1.47 bits per heavy atom. The molecule has 0 atom stereocenters. The van der Waals surface area contributed by atoms with Crippen LogP contribution in [0.2, 0.25) is 0 Å². The van der Waals surface area contributed by atoms with Gasteiger partial charge in [-0.15, -0.1) is 0 Å². The molecule has 0 spiro atoms. The Morgan fingerprint density at radius 2 is 2.18 bits per heavy atom. The predicted octanol–water partition coefficient (Wildman–Crippen LogP) is -0.449. The first-order valence-corrected chi connectivity index (χ1v) is 7.35. The van der Waals surface area contributed by atoms with E-state index < -0.39 is 9.84 Å². The molecule has 17 heavy (non-hydrogen) atoms. The molecule has 1 aromatic rings. The highest BCUT2D eigenvalue weighted by atomic mass is 32.2. The number of nitrogens with one attached hydrogen (secondary N) is 1. The maximum absolute atomic E-state index is 11.7. The van der Waals surface area contributed by atoms with Gasteiger partial charge in [0.25, 0.3) is 5.56 Å². The van der Waals surface area contributed by atoms with Gasteiger partial charge in [-0.05, 0) is 13.0 Å². The lowest BCUT2D eigenvalue weighted by Crippen LogP contribution is -2.35. The highest BCUT2D eigenvalue weighted by molar-refractivity contribution is 7.90. The van der Waals surface area contributed by atoms with Gasteiger partial charge in [-0.1, -0.05) is 6.92 Å². The summed E-state index contributed by atoms with van der Waals surface area (Å²) >= 11 is 0. The van der Waals surface area contributed by atoms with E-state index in [9.17, 15) is 13.2 Å². The third-order valence-corrected chi connectivity index (χ3v) is 3.83. The molecule has 0 aliphatic carbocycles. The first-order chi connectivity index (χ1) is 7.91. The van der Waals surface area contributed by atoms with Gasteiger partial charge in [0.1, 0.15) is 0 Å². The van der Waals surface area contributed by atoms with Crippen molar-refractivity contribution < 1.29 is 8.42 Å². The van der Waals surface area contributed by atoms with E-state index in [1.165, 1.54) is 0 Å². The van der Waals surface area contributed by atoms with Crippen LogP contribution < -0.4 is 5.56 Å². The lowest BCUT2D eigenvalue weighted by molar-refractivity contribution is 0.261. The standard InChI is InChI=1S/C10H15N3O3S/c1-3-13-5-4-7-8(6-13)11-10(12-9(7)14)17(2,15)16/h3-6H2,1-2H3,(H,11,12,14). The molecule has 0 amide bonds. The van der Waals surface area contributed by atoms with Crippen molar-refractivity contribution in [3.63, 3.8) is 0 Å². The molecule has 94 valence electrons. The summed E-state index contributed by atoms with van der Waals surface area (Å²) in [5.41, 5.74) is 0.871. The van der Waals surface area contributed by atoms with Crippen LogP contribution in [-0.4, -0.2) is 42.6 Å². The Hall–Kier alpha value is -1.21. The van der Waals surface area contributed by atoms with Crippen LogP contribution in [0.1, 0.15) is 18.2 Å². The molecule has 7 heteroatoms. The van der Waals surface area contributed by atoms with E-state index in [0.29, 0.717) is 24.2 Å². The molecule has 1 aliphatic heterocycles. The third-order valence-electron chi connectivity index (χ3n) is 2.93. The van der Waals surface area contributed by atoms with Crippen LogP contribution >= 0.6 is 0 Å². The van der Waals surface area contributed by atoms with Crippen LogP contribution in [0, 0.1) is 0 Å². The van der Waals surface area contributed by atoms with E-state index in [1.54, 1.807) is 0 Å². The fourth-order valence-corrected chi connectivity index (χ4v) is 2.47. The fraction of sp³-hybridized carbons (Fsp3) is 0.600. The van der Waals surface area contributed by atoms with Crippen LogP contribution in [-0.2, 0) is 22.8 Å². The largest absolute Gasteiger partial charge is 0.297 e. The van der Waals surface area contributed by atoms with Crippen molar-refractivity contribution in [2.75, 3.05) is 19.3 Å². The number of aromatic amines is 1. The van der Waals surface area contributed by atoms with Crippen LogP contribution in [0.25, 0.3) is 0 Å². The minimum Gasteiger partial charge on any atom is -0.297 e. The molecule has 1 aromatic heterocycles. The number of hydrogen-bond donors (Lipinski definition) is 1. The first kappa shape index (κ1) is 12.3. The van der Waals surface area contributed by atoms with Crippen LogP contribution in [0.3, 0.4) is 0 Å². The predicted molar refractivity (Wildman–Crippen MR) is 62.6 cm³/mol. The van der Waals surface area contributed by atoms with Gasteiger partial charge in [0.15, 0.2) is 0 Å². The van der Waals surface area contributed by atoms with Crippen molar-refractivity contribution in [1.82, 2.24) is 14.9 Å². The van der Waals surface area contributed by atoms with Crippen LogP contribution in [0.15, 0.2) is 9.95 Å². The molecule has 6 nitrogen and oxygen atoms in total. The second-order valence-corrected chi connectivity index (χ2v) is 6.12. The molecule has 0 aromatic carbocycles. The number of likely N-dealkylation sites (N-methyl/N-ethyl adjacent to an activating group) is 1. The number of rotatable bonds is 2. The lowest BCUT2D eigenvalue weighted by atomic mass is 10.1. The Bertz CT molecular complexity index is 591. The van der Waals surface area contributed by atoms with Gasteiger partial charge in [0, 0.05) is 24.9 Å². The van der Waals surface area contributed by atoms with Gasteiger partial charge >= 0.3 is 0 Å². The van der Waals surface area contributed by atoms with Crippen molar-refractivity contribution in [2.45, 2.75) is 25.0 Å². The average Bonchev–Trinajstić information content (AvgIpc) is 2.27. The van der Waals surface area contributed by atoms with Crippen molar-refractivity contribution >= 4 is 9.84 Å². The zero-order valence-corrected chi connectivity index (χ0v) is 10.7. The van der Waals surface area contributed by atoms with E-state index in [-0.39, 0.29) is 10.7 Å². The van der Waals surface area contributed by atoms with Gasteiger partial charge in [-0.25, -0.2) is 13.4 Å². The number of fused-ring (bicyclic) bond motifs is 1. The maximum atomic E-state index is 11.7. The summed E-state index contributed by atoms with van der Waals surface area (Å²) in [6, 6.07) is 0. The molecule has 0 unspecified atom stereocenters. The van der Waals surface area contributed by atoms with E-state index in [0.717, 1.165) is 19.3 Å². The first-order valence-electron chi connectivity index (χ1n) is 5.46. The number of sulfone groups is 1. The molecular weight excluding hydrogens is 242 g/mol. The van der Waals surface area contributed by atoms with Crippen molar-refractivity contribution in [3.05, 3.63) is 21.6 Å². The molecule has 0 saturated heterocycles. The highest BCUT2D eigenvalue weighted by Gasteiger charge is 2.22. The highest BCUT2D eigenvalue weighted by Crippen LogP contribution is 2.14. The molecular formula is C10H15N3O3S. The molecule has 0 radical (unpaired) electrons. The number of hydrogen-bond acceptors (Lipinski definition) is 5. The quantitative estimate of drug-likeness (QED) is 0.726. The third kappa shape index (κ3) is 2.39. The summed E-state index contributed by atoms with van der Waals surface area (Å²) in [5.74, 6) is 0. The van der Waals surface area contributed by atoms with Crippen molar-refractivity contribution in [1.29, 1.82) is 0 Å². The minimum absolute atomic E-state index is 0.237. The molecule has 2 heterocycles. The van der Waals surface area contributed by atoms with Gasteiger partial charge in [0.05, 0.1) is 5.69 Å². The SMILES string of the molecule is CCN1CCc2c(nc(S(C)(=O)=O)[nH]c2=O)C1. The molecule has 1 N–H and O–H groups in total. The smallest absolute Gasteiger partial charge is 0.255 e. The monoisotopic (exact) mass is 257 g/mol. The van der Waals surface area contributed by atoms with Crippen LogP contribution in [0.5, 0.6) is 0 Å². The van der Waals surface area contributed by atoms with E-state index >= 15 is 0 Å². The fourth-order valence-electron chi connectivity index (χ4n) is 1.92. The van der Waals surface area contributed by atoms with E-state index in [1.807, 2.05) is 6.92 Å². The lowest BCUT2D eigenvalue weighted by Gasteiger charge is -2.26. The molecule has 1 aliphatic rings. The van der Waals surface area contributed by atoms with E-state index in [4.69, 9.17) is 0 Å². The molecule has 0 bridgehead atoms. The summed E-state index contributed by atoms with van der Waals surface area (Å²) < 4.78 is 22.8. The number of nitrogens with zero attached hydrogens (tertiary/aromatic N) is 2. The molecule has 0 fully saturated rings. The summed E-state index contributed by atoms with van der Waals surface area (Å²) in [7, 11) is -3.47. The number of H-pyrrole nitrogens is 1. The Morgan fingerprint density at radius 3 is 2.76 bits per heavy atom. The summed E-state index contributed by atoms with van der Waals surface area (Å²) in [4.78, 5) is 20.3. The number of aromatic nitrogens is 2. The second-order valence-electron chi connectivity index (χ2n) is 4.19. The minimum atomic E-state index is -3.47. The molecule has 0 saturated carbocycles. The summed E-state index contributed by atoms with van der Waals surface area (Å²) in [6.07, 6.45) is 1.66. The Balaban J connectivity index is 2.53. The molecule has 2 rings (SSSR count). The van der Waals surface area contributed by atoms with E-state index in [2.05, 4.69) is 14.9 Å². The van der Waals surface area contributed by atoms with Crippen molar-refractivity contribution in [3.8, 4) is 0 Å². The van der Waals surface area contributed by atoms with Gasteiger partial charge in [-0.2, -0.15) is 0 Å². The average molecular weight is 257 g/mol. The van der Waals surface area contributed by atoms with Crippen molar-refractivity contribution in [2.24, 2.45) is 0 Å². The Kier molecular flexibility index (Phi) is 3.05. The zero-order chi connectivity index (χ0) is 12.6. The summed E-state index contributed by atoms with van der Waals surface area (Å²) in [5, 5.41) is -0.237. The Labute approximate surface area is 99.6 Å².